The highest BCUT2D eigenvalue weighted by atomic mass is 79.9. The molecule has 2 aromatic rings. The van der Waals surface area contributed by atoms with E-state index >= 15 is 0 Å². The number of aromatic carboxylic acids is 1. The van der Waals surface area contributed by atoms with Crippen molar-refractivity contribution in [3.63, 3.8) is 0 Å². The molecule has 0 bridgehead atoms. The molecule has 0 aliphatic heterocycles. The van der Waals surface area contributed by atoms with Gasteiger partial charge < -0.3 is 9.90 Å². The van der Waals surface area contributed by atoms with Crippen LogP contribution in [0.3, 0.4) is 0 Å². The van der Waals surface area contributed by atoms with Crippen molar-refractivity contribution in [3.05, 3.63) is 46.7 Å². The first-order valence-corrected chi connectivity index (χ1v) is 4.98. The molecule has 0 amide bonds. The normalized spacial score (nSPS) is 10.2. The number of halogens is 1. The van der Waals surface area contributed by atoms with E-state index in [0.29, 0.717) is 0 Å². The van der Waals surface area contributed by atoms with E-state index in [2.05, 4.69) is 21.0 Å². The number of aromatic nitrogens is 2. The van der Waals surface area contributed by atoms with Gasteiger partial charge in [-0.2, -0.15) is 5.10 Å². The molecular weight excluding hydrogens is 260 g/mol. The van der Waals surface area contributed by atoms with Gasteiger partial charge in [0.25, 0.3) is 0 Å². The van der Waals surface area contributed by atoms with Gasteiger partial charge in [-0.15, -0.1) is 0 Å². The Morgan fingerprint density at radius 3 is 2.47 bits per heavy atom. The van der Waals surface area contributed by atoms with Crippen LogP contribution in [0.4, 0.5) is 0 Å². The first-order valence-electron chi connectivity index (χ1n) is 4.19. The fourth-order valence-electron chi connectivity index (χ4n) is 1.19. The Bertz CT molecular complexity index is 490. The van der Waals surface area contributed by atoms with Gasteiger partial charge in [-0.1, -0.05) is 12.1 Å². The minimum Gasteiger partial charge on any atom is -0.545 e. The van der Waals surface area contributed by atoms with Crippen LogP contribution < -0.4 is 5.11 Å². The van der Waals surface area contributed by atoms with E-state index in [-0.39, 0.29) is 5.56 Å². The number of benzene rings is 1. The molecule has 76 valence electrons. The van der Waals surface area contributed by atoms with Crippen molar-refractivity contribution in [1.82, 2.24) is 9.78 Å². The maximum absolute atomic E-state index is 10.5. The van der Waals surface area contributed by atoms with Crippen molar-refractivity contribution in [2.75, 3.05) is 0 Å². The summed E-state index contributed by atoms with van der Waals surface area (Å²) >= 11 is 3.28. The van der Waals surface area contributed by atoms with Crippen molar-refractivity contribution in [2.24, 2.45) is 0 Å². The summed E-state index contributed by atoms with van der Waals surface area (Å²) in [5, 5.41) is 14.6. The molecular formula is C10H6BrN2O2-. The van der Waals surface area contributed by atoms with Crippen LogP contribution in [0.15, 0.2) is 41.1 Å². The SMILES string of the molecule is O=C([O-])c1ccc(-n2cc(Br)cn2)cc1. The Morgan fingerprint density at radius 1 is 1.33 bits per heavy atom. The van der Waals surface area contributed by atoms with Gasteiger partial charge in [-0.3, -0.25) is 0 Å². The molecule has 1 aromatic heterocycles. The Hall–Kier alpha value is -1.62. The van der Waals surface area contributed by atoms with E-state index in [1.54, 1.807) is 29.2 Å². The number of rotatable bonds is 2. The number of nitrogens with zero attached hydrogens (tertiary/aromatic N) is 2. The zero-order valence-corrected chi connectivity index (χ0v) is 9.14. The summed E-state index contributed by atoms with van der Waals surface area (Å²) in [5.41, 5.74) is 0.954. The predicted molar refractivity (Wildman–Crippen MR) is 55.6 cm³/mol. The van der Waals surface area contributed by atoms with Crippen molar-refractivity contribution >= 4 is 21.9 Å². The average Bonchev–Trinajstić information content (AvgIpc) is 2.65. The van der Waals surface area contributed by atoms with Gasteiger partial charge in [0.05, 0.1) is 22.3 Å². The molecule has 0 N–H and O–H groups in total. The van der Waals surface area contributed by atoms with E-state index in [1.807, 2.05) is 0 Å². The first kappa shape index (κ1) is 9.92. The molecule has 0 saturated carbocycles. The highest BCUT2D eigenvalue weighted by molar-refractivity contribution is 9.10. The molecule has 15 heavy (non-hydrogen) atoms. The van der Waals surface area contributed by atoms with Crippen LogP contribution in [0.1, 0.15) is 10.4 Å². The maximum atomic E-state index is 10.5. The lowest BCUT2D eigenvalue weighted by Crippen LogP contribution is -2.22. The van der Waals surface area contributed by atoms with Gasteiger partial charge in [0, 0.05) is 6.20 Å². The van der Waals surface area contributed by atoms with Crippen LogP contribution in [0.25, 0.3) is 5.69 Å². The molecule has 0 fully saturated rings. The lowest BCUT2D eigenvalue weighted by atomic mass is 10.2. The second-order valence-corrected chi connectivity index (χ2v) is 3.85. The van der Waals surface area contributed by atoms with Crippen molar-refractivity contribution in [3.8, 4) is 5.69 Å². The number of carboxylic acid groups (broad SMARTS) is 1. The van der Waals surface area contributed by atoms with E-state index < -0.39 is 5.97 Å². The summed E-state index contributed by atoms with van der Waals surface area (Å²) in [6.45, 7) is 0. The Balaban J connectivity index is 2.35. The smallest absolute Gasteiger partial charge is 0.0715 e. The zero-order chi connectivity index (χ0) is 10.8. The molecule has 0 saturated heterocycles. The number of hydrogen-bond acceptors (Lipinski definition) is 3. The van der Waals surface area contributed by atoms with Gasteiger partial charge in [0.1, 0.15) is 0 Å². The second-order valence-electron chi connectivity index (χ2n) is 2.94. The summed E-state index contributed by atoms with van der Waals surface area (Å²) in [6.07, 6.45) is 3.45. The van der Waals surface area contributed by atoms with Gasteiger partial charge in [0.2, 0.25) is 0 Å². The highest BCUT2D eigenvalue weighted by Gasteiger charge is 1.99. The molecule has 2 rings (SSSR count). The van der Waals surface area contributed by atoms with Gasteiger partial charge in [0.15, 0.2) is 0 Å². The van der Waals surface area contributed by atoms with Gasteiger partial charge in [-0.25, -0.2) is 4.68 Å². The van der Waals surface area contributed by atoms with Crippen molar-refractivity contribution < 1.29 is 9.90 Å². The van der Waals surface area contributed by atoms with Crippen LogP contribution in [0.5, 0.6) is 0 Å². The highest BCUT2D eigenvalue weighted by Crippen LogP contribution is 2.12. The summed E-state index contributed by atoms with van der Waals surface area (Å²) < 4.78 is 2.51. The van der Waals surface area contributed by atoms with Crippen LogP contribution >= 0.6 is 15.9 Å². The minimum atomic E-state index is -1.18. The number of carboxylic acids is 1. The first-order chi connectivity index (χ1) is 7.16. The second kappa shape index (κ2) is 3.86. The molecule has 0 aliphatic carbocycles. The third kappa shape index (κ3) is 2.07. The molecule has 5 heteroatoms. The summed E-state index contributed by atoms with van der Waals surface area (Å²) in [5.74, 6) is -1.18. The Kier molecular flexibility index (Phi) is 2.55. The number of hydrogen-bond donors (Lipinski definition) is 0. The van der Waals surface area contributed by atoms with Crippen LogP contribution in [-0.4, -0.2) is 15.7 Å². The van der Waals surface area contributed by atoms with Gasteiger partial charge >= 0.3 is 0 Å². The number of carbonyl (C=O) groups excluding carboxylic acids is 1. The maximum Gasteiger partial charge on any atom is 0.0715 e. The van der Waals surface area contributed by atoms with Crippen LogP contribution in [0.2, 0.25) is 0 Å². The predicted octanol–water partition coefficient (Wildman–Crippen LogP) is 0.998. The summed E-state index contributed by atoms with van der Waals surface area (Å²) in [7, 11) is 0. The number of carbonyl (C=O) groups is 1. The Morgan fingerprint density at radius 2 is 2.00 bits per heavy atom. The lowest BCUT2D eigenvalue weighted by Gasteiger charge is -2.04. The van der Waals surface area contributed by atoms with Gasteiger partial charge in [-0.05, 0) is 33.6 Å². The molecule has 0 spiro atoms. The standard InChI is InChI=1S/C10H7BrN2O2/c11-8-5-12-13(6-8)9-3-1-7(2-4-9)10(14)15/h1-6H,(H,14,15)/p-1. The third-order valence-corrected chi connectivity index (χ3v) is 2.33. The zero-order valence-electron chi connectivity index (χ0n) is 7.55. The van der Waals surface area contributed by atoms with Crippen LogP contribution in [0, 0.1) is 0 Å². The molecule has 0 unspecified atom stereocenters. The van der Waals surface area contributed by atoms with E-state index in [4.69, 9.17) is 0 Å². The fourth-order valence-corrected chi connectivity index (χ4v) is 1.48. The topological polar surface area (TPSA) is 57.9 Å². The van der Waals surface area contributed by atoms with Crippen molar-refractivity contribution in [2.45, 2.75) is 0 Å². The minimum absolute atomic E-state index is 0.157. The molecule has 4 nitrogen and oxygen atoms in total. The monoisotopic (exact) mass is 265 g/mol. The molecule has 1 heterocycles. The van der Waals surface area contributed by atoms with E-state index in [0.717, 1.165) is 10.2 Å². The quantitative estimate of drug-likeness (QED) is 0.814. The average molecular weight is 266 g/mol. The third-order valence-electron chi connectivity index (χ3n) is 1.92. The molecule has 1 aromatic carbocycles. The van der Waals surface area contributed by atoms with Crippen LogP contribution in [-0.2, 0) is 0 Å². The molecule has 0 atom stereocenters. The molecule has 0 aliphatic rings. The summed E-state index contributed by atoms with van der Waals surface area (Å²) in [6, 6.07) is 6.32. The van der Waals surface area contributed by atoms with Crippen molar-refractivity contribution in [1.29, 1.82) is 0 Å². The molecule has 0 radical (unpaired) electrons. The largest absolute Gasteiger partial charge is 0.545 e. The van der Waals surface area contributed by atoms with E-state index in [1.165, 1.54) is 12.1 Å². The fraction of sp³-hybridized carbons (Fsp3) is 0. The lowest BCUT2D eigenvalue weighted by molar-refractivity contribution is -0.255. The summed E-state index contributed by atoms with van der Waals surface area (Å²) in [4.78, 5) is 10.5. The van der Waals surface area contributed by atoms with E-state index in [9.17, 15) is 9.90 Å². The Labute approximate surface area is 94.3 Å².